The molecule has 3 heterocycles. The Balaban J connectivity index is 1.33. The van der Waals surface area contributed by atoms with Crippen LogP contribution in [0.1, 0.15) is 48.7 Å². The summed E-state index contributed by atoms with van der Waals surface area (Å²) in [6.07, 6.45) is 6.87. The van der Waals surface area contributed by atoms with Crippen molar-refractivity contribution in [3.05, 3.63) is 59.9 Å². The number of nitrogens with zero attached hydrogens (tertiary/aromatic N) is 4. The van der Waals surface area contributed by atoms with Crippen LogP contribution in [0, 0.1) is 0 Å². The average Bonchev–Trinajstić information content (AvgIpc) is 2.80. The molecule has 0 N–H and O–H groups in total. The minimum atomic E-state index is 0.0570. The number of pyridine rings is 1. The Bertz CT molecular complexity index is 784. The fourth-order valence-electron chi connectivity index (χ4n) is 4.56. The van der Waals surface area contributed by atoms with Crippen LogP contribution < -0.4 is 4.90 Å². The molecule has 5 heteroatoms. The van der Waals surface area contributed by atoms with Crippen LogP contribution in [-0.2, 0) is 6.54 Å². The molecule has 1 amide bonds. The number of carbonyl (C=O) groups excluding carboxylic acids is 1. The maximum absolute atomic E-state index is 12.9. The van der Waals surface area contributed by atoms with Crippen molar-refractivity contribution in [2.75, 3.05) is 37.6 Å². The van der Waals surface area contributed by atoms with Crippen LogP contribution in [0.25, 0.3) is 0 Å². The van der Waals surface area contributed by atoms with Crippen LogP contribution >= 0.6 is 0 Å². The van der Waals surface area contributed by atoms with Gasteiger partial charge >= 0.3 is 0 Å². The first-order valence-corrected chi connectivity index (χ1v) is 11.0. The molecule has 1 atom stereocenters. The number of amides is 1. The second-order valence-electron chi connectivity index (χ2n) is 8.21. The largest absolute Gasteiger partial charge is 0.367 e. The van der Waals surface area contributed by atoms with Crippen molar-refractivity contribution in [2.45, 2.75) is 45.2 Å². The number of aromatic nitrogens is 1. The van der Waals surface area contributed by atoms with Crippen LogP contribution in [0.4, 0.5) is 5.69 Å². The molecule has 1 unspecified atom stereocenters. The van der Waals surface area contributed by atoms with Gasteiger partial charge in [-0.25, -0.2) is 4.98 Å². The summed E-state index contributed by atoms with van der Waals surface area (Å²) >= 11 is 0. The van der Waals surface area contributed by atoms with Crippen molar-refractivity contribution in [1.82, 2.24) is 14.8 Å². The molecule has 154 valence electrons. The van der Waals surface area contributed by atoms with Crippen LogP contribution in [0.15, 0.2) is 48.7 Å². The Morgan fingerprint density at radius 3 is 2.48 bits per heavy atom. The first kappa shape index (κ1) is 19.9. The average molecular weight is 393 g/mol. The van der Waals surface area contributed by atoms with E-state index in [0.717, 1.165) is 51.4 Å². The highest BCUT2D eigenvalue weighted by atomic mass is 16.2. The number of carbonyl (C=O) groups is 1. The maximum atomic E-state index is 12.9. The van der Waals surface area contributed by atoms with E-state index in [-0.39, 0.29) is 5.91 Å². The van der Waals surface area contributed by atoms with Gasteiger partial charge in [-0.2, -0.15) is 0 Å². The second kappa shape index (κ2) is 9.40. The van der Waals surface area contributed by atoms with Gasteiger partial charge in [-0.3, -0.25) is 9.69 Å². The highest BCUT2D eigenvalue weighted by Crippen LogP contribution is 2.26. The molecule has 0 aliphatic carbocycles. The molecule has 2 aromatic rings. The number of piperidine rings is 1. The summed E-state index contributed by atoms with van der Waals surface area (Å²) in [7, 11) is 0. The molecule has 29 heavy (non-hydrogen) atoms. The van der Waals surface area contributed by atoms with Gasteiger partial charge in [0.25, 0.3) is 5.91 Å². The summed E-state index contributed by atoms with van der Waals surface area (Å²) in [5.41, 5.74) is 3.05. The molecule has 2 fully saturated rings. The van der Waals surface area contributed by atoms with Crippen molar-refractivity contribution in [3.8, 4) is 0 Å². The lowest BCUT2D eigenvalue weighted by Crippen LogP contribution is -2.48. The lowest BCUT2D eigenvalue weighted by atomic mass is 9.99. The standard InChI is InChI=1S/C24H32N4O/c1-2-21-10-6-7-13-28(21)22-11-12-23(25-18-22)24(29)27-16-14-26(15-17-27)19-20-8-4-3-5-9-20/h3-5,8-9,11-12,18,21H,2,6-7,10,13-17,19H2,1H3. The number of piperazine rings is 1. The van der Waals surface area contributed by atoms with Gasteiger partial charge in [0.1, 0.15) is 5.69 Å². The first-order valence-electron chi connectivity index (χ1n) is 11.0. The Hall–Kier alpha value is -2.40. The highest BCUT2D eigenvalue weighted by Gasteiger charge is 2.24. The molecular weight excluding hydrogens is 360 g/mol. The molecule has 0 radical (unpaired) electrons. The molecule has 0 saturated carbocycles. The Morgan fingerprint density at radius 2 is 1.79 bits per heavy atom. The van der Waals surface area contributed by atoms with Gasteiger partial charge < -0.3 is 9.80 Å². The van der Waals surface area contributed by atoms with Gasteiger partial charge in [-0.05, 0) is 43.4 Å². The molecule has 1 aromatic heterocycles. The van der Waals surface area contributed by atoms with Crippen LogP contribution in [0.2, 0.25) is 0 Å². The van der Waals surface area contributed by atoms with E-state index in [1.54, 1.807) is 0 Å². The molecule has 1 aromatic carbocycles. The second-order valence-corrected chi connectivity index (χ2v) is 8.21. The number of benzene rings is 1. The zero-order valence-corrected chi connectivity index (χ0v) is 17.5. The van der Waals surface area contributed by atoms with E-state index in [2.05, 4.69) is 52.0 Å². The molecule has 2 saturated heterocycles. The molecule has 5 nitrogen and oxygen atoms in total. The molecule has 4 rings (SSSR count). The van der Waals surface area contributed by atoms with Crippen LogP contribution in [-0.4, -0.2) is 59.5 Å². The Morgan fingerprint density at radius 1 is 1.00 bits per heavy atom. The maximum Gasteiger partial charge on any atom is 0.272 e. The lowest BCUT2D eigenvalue weighted by Gasteiger charge is -2.37. The van der Waals surface area contributed by atoms with Crippen LogP contribution in [0.5, 0.6) is 0 Å². The predicted molar refractivity (Wildman–Crippen MR) is 117 cm³/mol. The third-order valence-corrected chi connectivity index (χ3v) is 6.31. The number of hydrogen-bond acceptors (Lipinski definition) is 4. The van der Waals surface area contributed by atoms with E-state index < -0.39 is 0 Å². The topological polar surface area (TPSA) is 39.7 Å². The van der Waals surface area contributed by atoms with Crippen molar-refractivity contribution >= 4 is 11.6 Å². The Kier molecular flexibility index (Phi) is 6.45. The van der Waals surface area contributed by atoms with Crippen molar-refractivity contribution in [1.29, 1.82) is 0 Å². The summed E-state index contributed by atoms with van der Waals surface area (Å²) < 4.78 is 0. The third kappa shape index (κ3) is 4.78. The summed E-state index contributed by atoms with van der Waals surface area (Å²) in [6, 6.07) is 15.1. The molecular formula is C24H32N4O. The molecule has 0 spiro atoms. The predicted octanol–water partition coefficient (Wildman–Crippen LogP) is 3.81. The van der Waals surface area contributed by atoms with Gasteiger partial charge in [-0.15, -0.1) is 0 Å². The van der Waals surface area contributed by atoms with Crippen molar-refractivity contribution in [3.63, 3.8) is 0 Å². The minimum Gasteiger partial charge on any atom is -0.367 e. The van der Waals surface area contributed by atoms with E-state index in [1.165, 1.54) is 24.8 Å². The van der Waals surface area contributed by atoms with E-state index in [4.69, 9.17) is 0 Å². The van der Waals surface area contributed by atoms with Gasteiger partial charge in [0.05, 0.1) is 11.9 Å². The minimum absolute atomic E-state index is 0.0570. The van der Waals surface area contributed by atoms with E-state index >= 15 is 0 Å². The smallest absolute Gasteiger partial charge is 0.272 e. The van der Waals surface area contributed by atoms with Gasteiger partial charge in [0, 0.05) is 45.3 Å². The molecule has 2 aliphatic heterocycles. The monoisotopic (exact) mass is 392 g/mol. The quantitative estimate of drug-likeness (QED) is 0.776. The summed E-state index contributed by atoms with van der Waals surface area (Å²) in [4.78, 5) is 24.3. The number of hydrogen-bond donors (Lipinski definition) is 0. The van der Waals surface area contributed by atoms with Gasteiger partial charge in [0.15, 0.2) is 0 Å². The van der Waals surface area contributed by atoms with E-state index in [9.17, 15) is 4.79 Å². The fraction of sp³-hybridized carbons (Fsp3) is 0.500. The summed E-state index contributed by atoms with van der Waals surface area (Å²) in [6.45, 7) is 7.64. The molecule has 0 bridgehead atoms. The van der Waals surface area contributed by atoms with E-state index in [1.807, 2.05) is 23.2 Å². The van der Waals surface area contributed by atoms with Gasteiger partial charge in [-0.1, -0.05) is 37.3 Å². The fourth-order valence-corrected chi connectivity index (χ4v) is 4.56. The molecule has 2 aliphatic rings. The zero-order chi connectivity index (χ0) is 20.1. The third-order valence-electron chi connectivity index (χ3n) is 6.31. The van der Waals surface area contributed by atoms with Crippen molar-refractivity contribution < 1.29 is 4.79 Å². The zero-order valence-electron chi connectivity index (χ0n) is 17.5. The number of anilines is 1. The van der Waals surface area contributed by atoms with E-state index in [0.29, 0.717) is 11.7 Å². The number of rotatable bonds is 5. The lowest BCUT2D eigenvalue weighted by molar-refractivity contribution is 0.0623. The van der Waals surface area contributed by atoms with Crippen molar-refractivity contribution in [2.24, 2.45) is 0 Å². The Labute approximate surface area is 174 Å². The summed E-state index contributed by atoms with van der Waals surface area (Å²) in [5, 5.41) is 0. The highest BCUT2D eigenvalue weighted by molar-refractivity contribution is 5.92. The first-order chi connectivity index (χ1) is 14.2. The SMILES string of the molecule is CCC1CCCCN1c1ccc(C(=O)N2CCN(Cc3ccccc3)CC2)nc1. The van der Waals surface area contributed by atoms with Crippen LogP contribution in [0.3, 0.4) is 0 Å². The summed E-state index contributed by atoms with van der Waals surface area (Å²) in [5.74, 6) is 0.0570. The van der Waals surface area contributed by atoms with Gasteiger partial charge in [0.2, 0.25) is 0 Å². The normalized spacial score (nSPS) is 20.7.